The van der Waals surface area contributed by atoms with Crippen LogP contribution < -0.4 is 5.32 Å². The van der Waals surface area contributed by atoms with Gasteiger partial charge in [-0.15, -0.1) is 0 Å². The van der Waals surface area contributed by atoms with Crippen molar-refractivity contribution >= 4 is 23.2 Å². The number of rotatable bonds is 2. The Labute approximate surface area is 120 Å². The highest BCUT2D eigenvalue weighted by Gasteiger charge is 2.14. The molecule has 2 aromatic carbocycles. The minimum Gasteiger partial charge on any atom is -0.321 e. The van der Waals surface area contributed by atoms with E-state index in [9.17, 15) is 9.18 Å². The standard InChI is InChI=1S/C15H10ClFN2O/c1-9-10(4-2-5-12(9)16)15(20)19-14-7-3-6-13(17)11(14)8-18/h2-7H,1H3,(H,19,20). The SMILES string of the molecule is Cc1c(Cl)cccc1C(=O)Nc1cccc(F)c1C#N. The van der Waals surface area contributed by atoms with Crippen molar-refractivity contribution in [2.75, 3.05) is 5.32 Å². The van der Waals surface area contributed by atoms with Crippen molar-refractivity contribution < 1.29 is 9.18 Å². The summed E-state index contributed by atoms with van der Waals surface area (Å²) in [5, 5.41) is 11.9. The molecule has 2 aromatic rings. The molecule has 0 atom stereocenters. The van der Waals surface area contributed by atoms with Gasteiger partial charge in [-0.05, 0) is 36.8 Å². The lowest BCUT2D eigenvalue weighted by atomic mass is 10.1. The number of hydrogen-bond donors (Lipinski definition) is 1. The van der Waals surface area contributed by atoms with E-state index in [0.717, 1.165) is 0 Å². The summed E-state index contributed by atoms with van der Waals surface area (Å²) in [5.74, 6) is -1.11. The quantitative estimate of drug-likeness (QED) is 0.911. The van der Waals surface area contributed by atoms with Gasteiger partial charge in [-0.3, -0.25) is 4.79 Å². The van der Waals surface area contributed by atoms with Gasteiger partial charge in [0.2, 0.25) is 0 Å². The lowest BCUT2D eigenvalue weighted by molar-refractivity contribution is 0.102. The summed E-state index contributed by atoms with van der Waals surface area (Å²) >= 11 is 5.95. The van der Waals surface area contributed by atoms with Crippen LogP contribution >= 0.6 is 11.6 Å². The molecule has 0 spiro atoms. The van der Waals surface area contributed by atoms with Gasteiger partial charge in [0, 0.05) is 10.6 Å². The minimum atomic E-state index is -0.673. The van der Waals surface area contributed by atoms with Crippen molar-refractivity contribution in [2.45, 2.75) is 6.92 Å². The topological polar surface area (TPSA) is 52.9 Å². The van der Waals surface area contributed by atoms with E-state index in [1.807, 2.05) is 0 Å². The molecule has 1 N–H and O–H groups in total. The van der Waals surface area contributed by atoms with Crippen molar-refractivity contribution in [3.63, 3.8) is 0 Å². The zero-order valence-corrected chi connectivity index (χ0v) is 11.3. The van der Waals surface area contributed by atoms with Crippen LogP contribution in [0.2, 0.25) is 5.02 Å². The summed E-state index contributed by atoms with van der Waals surface area (Å²) < 4.78 is 13.5. The van der Waals surface area contributed by atoms with Crippen molar-refractivity contribution in [3.05, 3.63) is 63.9 Å². The molecule has 0 unspecified atom stereocenters. The molecule has 2 rings (SSSR count). The number of nitrogens with one attached hydrogen (secondary N) is 1. The molecule has 0 heterocycles. The van der Waals surface area contributed by atoms with Crippen LogP contribution in [0.5, 0.6) is 0 Å². The Bertz CT molecular complexity index is 722. The third-order valence-corrected chi connectivity index (χ3v) is 3.30. The number of carbonyl (C=O) groups is 1. The number of halogens is 2. The molecular formula is C15H10ClFN2O. The van der Waals surface area contributed by atoms with Crippen LogP contribution in [-0.2, 0) is 0 Å². The maximum Gasteiger partial charge on any atom is 0.256 e. The second-order valence-electron chi connectivity index (χ2n) is 4.14. The maximum atomic E-state index is 13.5. The molecule has 0 radical (unpaired) electrons. The molecule has 0 fully saturated rings. The second-order valence-corrected chi connectivity index (χ2v) is 4.55. The van der Waals surface area contributed by atoms with Gasteiger partial charge in [0.15, 0.2) is 0 Å². The number of amides is 1. The first kappa shape index (κ1) is 14.0. The number of carbonyl (C=O) groups excluding carboxylic acids is 1. The van der Waals surface area contributed by atoms with E-state index < -0.39 is 11.7 Å². The number of anilines is 1. The van der Waals surface area contributed by atoms with Gasteiger partial charge in [0.05, 0.1) is 5.69 Å². The maximum absolute atomic E-state index is 13.5. The largest absolute Gasteiger partial charge is 0.321 e. The van der Waals surface area contributed by atoms with E-state index in [-0.39, 0.29) is 11.3 Å². The lowest BCUT2D eigenvalue weighted by Crippen LogP contribution is -2.14. The molecular weight excluding hydrogens is 279 g/mol. The van der Waals surface area contributed by atoms with Gasteiger partial charge >= 0.3 is 0 Å². The highest BCUT2D eigenvalue weighted by Crippen LogP contribution is 2.22. The van der Waals surface area contributed by atoms with Gasteiger partial charge < -0.3 is 5.32 Å². The number of hydrogen-bond acceptors (Lipinski definition) is 2. The molecule has 20 heavy (non-hydrogen) atoms. The predicted molar refractivity (Wildman–Crippen MR) is 75.3 cm³/mol. The molecule has 5 heteroatoms. The van der Waals surface area contributed by atoms with Crippen LogP contribution in [0.4, 0.5) is 10.1 Å². The van der Waals surface area contributed by atoms with Crippen LogP contribution in [0.25, 0.3) is 0 Å². The summed E-state index contributed by atoms with van der Waals surface area (Å²) in [4.78, 5) is 12.2. The third kappa shape index (κ3) is 2.63. The summed E-state index contributed by atoms with van der Waals surface area (Å²) in [7, 11) is 0. The molecule has 0 saturated heterocycles. The monoisotopic (exact) mass is 288 g/mol. The third-order valence-electron chi connectivity index (χ3n) is 2.89. The van der Waals surface area contributed by atoms with Crippen molar-refractivity contribution in [2.24, 2.45) is 0 Å². The summed E-state index contributed by atoms with van der Waals surface area (Å²) in [6.45, 7) is 1.72. The van der Waals surface area contributed by atoms with Crippen molar-refractivity contribution in [1.29, 1.82) is 5.26 Å². The second kappa shape index (κ2) is 5.72. The fourth-order valence-electron chi connectivity index (χ4n) is 1.79. The molecule has 0 aromatic heterocycles. The van der Waals surface area contributed by atoms with Crippen molar-refractivity contribution in [3.8, 4) is 6.07 Å². The number of nitriles is 1. The smallest absolute Gasteiger partial charge is 0.256 e. The first-order valence-corrected chi connectivity index (χ1v) is 6.17. The first-order valence-electron chi connectivity index (χ1n) is 5.79. The molecule has 3 nitrogen and oxygen atoms in total. The normalized spacial score (nSPS) is 9.90. The number of benzene rings is 2. The van der Waals surface area contributed by atoms with Crippen LogP contribution in [0.3, 0.4) is 0 Å². The predicted octanol–water partition coefficient (Wildman–Crippen LogP) is 3.91. The van der Waals surface area contributed by atoms with Gasteiger partial charge in [0.1, 0.15) is 17.4 Å². The van der Waals surface area contributed by atoms with Gasteiger partial charge in [-0.2, -0.15) is 5.26 Å². The number of nitrogens with zero attached hydrogens (tertiary/aromatic N) is 1. The Kier molecular flexibility index (Phi) is 4.02. The summed E-state index contributed by atoms with van der Waals surface area (Å²) in [6.07, 6.45) is 0. The lowest BCUT2D eigenvalue weighted by Gasteiger charge is -2.10. The summed E-state index contributed by atoms with van der Waals surface area (Å²) in [6, 6.07) is 10.7. The zero-order valence-electron chi connectivity index (χ0n) is 10.6. The Balaban J connectivity index is 2.36. The molecule has 100 valence electrons. The van der Waals surface area contributed by atoms with E-state index in [4.69, 9.17) is 16.9 Å². The highest BCUT2D eigenvalue weighted by atomic mass is 35.5. The zero-order chi connectivity index (χ0) is 14.7. The highest BCUT2D eigenvalue weighted by molar-refractivity contribution is 6.32. The van der Waals surface area contributed by atoms with Crippen LogP contribution in [0.15, 0.2) is 36.4 Å². The van der Waals surface area contributed by atoms with Gasteiger partial charge in [-0.25, -0.2) is 4.39 Å². The Morgan fingerprint density at radius 2 is 2.00 bits per heavy atom. The van der Waals surface area contributed by atoms with E-state index in [2.05, 4.69) is 5.32 Å². The molecule has 0 aliphatic carbocycles. The molecule has 0 saturated carbocycles. The van der Waals surface area contributed by atoms with E-state index >= 15 is 0 Å². The minimum absolute atomic E-state index is 0.136. The molecule has 1 amide bonds. The van der Waals surface area contributed by atoms with Crippen LogP contribution in [-0.4, -0.2) is 5.91 Å². The first-order chi connectivity index (χ1) is 9.54. The average molecular weight is 289 g/mol. The molecule has 0 aliphatic rings. The Morgan fingerprint density at radius 1 is 1.30 bits per heavy atom. The fourth-order valence-corrected chi connectivity index (χ4v) is 1.96. The average Bonchev–Trinajstić information content (AvgIpc) is 2.42. The molecule has 0 aliphatic heterocycles. The van der Waals surface area contributed by atoms with Crippen LogP contribution in [0.1, 0.15) is 21.5 Å². The van der Waals surface area contributed by atoms with E-state index in [0.29, 0.717) is 16.1 Å². The molecule has 0 bridgehead atoms. The van der Waals surface area contributed by atoms with Gasteiger partial charge in [0.25, 0.3) is 5.91 Å². The Hall–Kier alpha value is -2.38. The van der Waals surface area contributed by atoms with Crippen LogP contribution in [0, 0.1) is 24.1 Å². The van der Waals surface area contributed by atoms with E-state index in [1.165, 1.54) is 18.2 Å². The van der Waals surface area contributed by atoms with Crippen molar-refractivity contribution in [1.82, 2.24) is 0 Å². The fraction of sp³-hybridized carbons (Fsp3) is 0.0667. The Morgan fingerprint density at radius 3 is 2.70 bits per heavy atom. The van der Waals surface area contributed by atoms with Gasteiger partial charge in [-0.1, -0.05) is 23.7 Å². The van der Waals surface area contributed by atoms with E-state index in [1.54, 1.807) is 31.2 Å². The summed E-state index contributed by atoms with van der Waals surface area (Å²) in [5.41, 5.74) is 0.949.